The van der Waals surface area contributed by atoms with Gasteiger partial charge in [-0.05, 0) is 42.5 Å². The zero-order chi connectivity index (χ0) is 15.0. The van der Waals surface area contributed by atoms with Gasteiger partial charge in [0.05, 0.1) is 5.56 Å². The summed E-state index contributed by atoms with van der Waals surface area (Å²) < 4.78 is 39.3. The molecule has 0 atom stereocenters. The largest absolute Gasteiger partial charge is 0.417 e. The molecule has 0 nitrogen and oxygen atoms in total. The summed E-state index contributed by atoms with van der Waals surface area (Å²) in [6, 6.07) is 11.5. The SMILES string of the molecule is Cc1ccc(C(F)(F)F)c(-c2ccc(C=C3CC3)cc2)c1. The Morgan fingerprint density at radius 2 is 1.62 bits per heavy atom. The topological polar surface area (TPSA) is 0 Å². The monoisotopic (exact) mass is 288 g/mol. The van der Waals surface area contributed by atoms with Gasteiger partial charge in [-0.25, -0.2) is 0 Å². The number of hydrogen-bond acceptors (Lipinski definition) is 0. The normalized spacial score (nSPS) is 14.2. The maximum Gasteiger partial charge on any atom is 0.417 e. The third-order valence-corrected chi connectivity index (χ3v) is 3.61. The van der Waals surface area contributed by atoms with Gasteiger partial charge in [0.25, 0.3) is 0 Å². The summed E-state index contributed by atoms with van der Waals surface area (Å²) in [4.78, 5) is 0. The summed E-state index contributed by atoms with van der Waals surface area (Å²) in [6.07, 6.45) is 0.0398. The first-order chi connectivity index (χ1) is 9.93. The lowest BCUT2D eigenvalue weighted by Crippen LogP contribution is -2.07. The zero-order valence-electron chi connectivity index (χ0n) is 11.7. The summed E-state index contributed by atoms with van der Waals surface area (Å²) in [5.74, 6) is 0. The maximum atomic E-state index is 13.1. The van der Waals surface area contributed by atoms with Crippen molar-refractivity contribution in [3.63, 3.8) is 0 Å². The fraction of sp³-hybridized carbons (Fsp3) is 0.222. The molecular weight excluding hydrogens is 273 g/mol. The predicted molar refractivity (Wildman–Crippen MR) is 78.8 cm³/mol. The van der Waals surface area contributed by atoms with Crippen LogP contribution in [-0.4, -0.2) is 0 Å². The molecule has 0 spiro atoms. The molecule has 2 aromatic rings. The van der Waals surface area contributed by atoms with Crippen molar-refractivity contribution in [2.75, 3.05) is 0 Å². The van der Waals surface area contributed by atoms with E-state index in [-0.39, 0.29) is 5.56 Å². The second-order valence-electron chi connectivity index (χ2n) is 5.47. The van der Waals surface area contributed by atoms with Gasteiger partial charge in [-0.1, -0.05) is 53.6 Å². The van der Waals surface area contributed by atoms with Crippen LogP contribution in [0.2, 0.25) is 0 Å². The van der Waals surface area contributed by atoms with Crippen LogP contribution in [0.3, 0.4) is 0 Å². The molecule has 0 N–H and O–H groups in total. The molecule has 1 saturated carbocycles. The van der Waals surface area contributed by atoms with Crippen molar-refractivity contribution in [2.24, 2.45) is 0 Å². The number of hydrogen-bond donors (Lipinski definition) is 0. The number of alkyl halides is 3. The van der Waals surface area contributed by atoms with Gasteiger partial charge in [0, 0.05) is 0 Å². The van der Waals surface area contributed by atoms with Gasteiger partial charge >= 0.3 is 6.18 Å². The van der Waals surface area contributed by atoms with Crippen LogP contribution < -0.4 is 0 Å². The van der Waals surface area contributed by atoms with Crippen LogP contribution in [0.5, 0.6) is 0 Å². The van der Waals surface area contributed by atoms with Crippen molar-refractivity contribution in [1.29, 1.82) is 0 Å². The lowest BCUT2D eigenvalue weighted by Gasteiger charge is -2.14. The molecule has 0 heterocycles. The molecule has 1 aliphatic rings. The quantitative estimate of drug-likeness (QED) is 0.649. The van der Waals surface area contributed by atoms with Crippen molar-refractivity contribution in [2.45, 2.75) is 25.9 Å². The third kappa shape index (κ3) is 3.18. The van der Waals surface area contributed by atoms with Gasteiger partial charge in [-0.2, -0.15) is 13.2 Å². The number of rotatable bonds is 2. The Morgan fingerprint density at radius 3 is 2.19 bits per heavy atom. The summed E-state index contributed by atoms with van der Waals surface area (Å²) in [7, 11) is 0. The van der Waals surface area contributed by atoms with E-state index in [4.69, 9.17) is 0 Å². The van der Waals surface area contributed by atoms with Crippen molar-refractivity contribution >= 4 is 6.08 Å². The highest BCUT2D eigenvalue weighted by Gasteiger charge is 2.33. The Kier molecular flexibility index (Phi) is 3.36. The minimum atomic E-state index is -4.34. The molecule has 0 aromatic heterocycles. The van der Waals surface area contributed by atoms with E-state index in [0.29, 0.717) is 5.56 Å². The van der Waals surface area contributed by atoms with Crippen molar-refractivity contribution in [3.05, 3.63) is 64.7 Å². The van der Waals surface area contributed by atoms with Crippen LogP contribution in [0, 0.1) is 6.92 Å². The molecule has 0 radical (unpaired) electrons. The maximum absolute atomic E-state index is 13.1. The van der Waals surface area contributed by atoms with E-state index in [0.717, 1.165) is 30.0 Å². The number of benzene rings is 2. The smallest absolute Gasteiger partial charge is 0.166 e. The predicted octanol–water partition coefficient (Wildman–Crippen LogP) is 5.86. The fourth-order valence-electron chi connectivity index (χ4n) is 2.36. The van der Waals surface area contributed by atoms with Gasteiger partial charge in [-0.15, -0.1) is 0 Å². The van der Waals surface area contributed by atoms with E-state index in [1.54, 1.807) is 25.1 Å². The van der Waals surface area contributed by atoms with Crippen molar-refractivity contribution in [3.8, 4) is 11.1 Å². The Bertz CT molecular complexity index is 685. The second-order valence-corrected chi connectivity index (χ2v) is 5.47. The fourth-order valence-corrected chi connectivity index (χ4v) is 2.36. The molecule has 2 aromatic carbocycles. The summed E-state index contributed by atoms with van der Waals surface area (Å²) in [5, 5.41) is 0. The van der Waals surface area contributed by atoms with E-state index in [1.165, 1.54) is 11.6 Å². The molecule has 0 aliphatic heterocycles. The van der Waals surface area contributed by atoms with Crippen LogP contribution in [0.4, 0.5) is 13.2 Å². The van der Waals surface area contributed by atoms with E-state index in [2.05, 4.69) is 6.08 Å². The lowest BCUT2D eigenvalue weighted by molar-refractivity contribution is -0.137. The lowest BCUT2D eigenvalue weighted by atomic mass is 9.96. The zero-order valence-corrected chi connectivity index (χ0v) is 11.7. The summed E-state index contributed by atoms with van der Waals surface area (Å²) in [6.45, 7) is 1.80. The van der Waals surface area contributed by atoms with E-state index >= 15 is 0 Å². The van der Waals surface area contributed by atoms with E-state index in [9.17, 15) is 13.2 Å². The molecule has 108 valence electrons. The van der Waals surface area contributed by atoms with Crippen LogP contribution in [-0.2, 0) is 6.18 Å². The van der Waals surface area contributed by atoms with Gasteiger partial charge < -0.3 is 0 Å². The number of aryl methyl sites for hydroxylation is 1. The molecule has 0 saturated heterocycles. The van der Waals surface area contributed by atoms with Crippen LogP contribution in [0.1, 0.15) is 29.5 Å². The third-order valence-electron chi connectivity index (χ3n) is 3.61. The first-order valence-corrected chi connectivity index (χ1v) is 6.91. The molecular formula is C18H15F3. The second kappa shape index (κ2) is 5.06. The Labute approximate surface area is 121 Å². The Hall–Kier alpha value is -2.03. The van der Waals surface area contributed by atoms with Gasteiger partial charge in [0.2, 0.25) is 0 Å². The van der Waals surface area contributed by atoms with E-state index < -0.39 is 11.7 Å². The van der Waals surface area contributed by atoms with Gasteiger partial charge in [0.15, 0.2) is 0 Å². The molecule has 3 rings (SSSR count). The highest BCUT2D eigenvalue weighted by Crippen LogP contribution is 2.38. The first-order valence-electron chi connectivity index (χ1n) is 6.91. The molecule has 0 bridgehead atoms. The van der Waals surface area contributed by atoms with Crippen molar-refractivity contribution < 1.29 is 13.2 Å². The molecule has 3 heteroatoms. The average molecular weight is 288 g/mol. The highest BCUT2D eigenvalue weighted by molar-refractivity contribution is 5.70. The van der Waals surface area contributed by atoms with Gasteiger partial charge in [-0.3, -0.25) is 0 Å². The Morgan fingerprint density at radius 1 is 0.952 bits per heavy atom. The summed E-state index contributed by atoms with van der Waals surface area (Å²) >= 11 is 0. The molecule has 0 amide bonds. The highest BCUT2D eigenvalue weighted by atomic mass is 19.4. The van der Waals surface area contributed by atoms with Crippen molar-refractivity contribution in [1.82, 2.24) is 0 Å². The van der Waals surface area contributed by atoms with E-state index in [1.807, 2.05) is 12.1 Å². The number of allylic oxidation sites excluding steroid dienone is 1. The van der Waals surface area contributed by atoms with Gasteiger partial charge in [0.1, 0.15) is 0 Å². The number of halogens is 3. The molecule has 21 heavy (non-hydrogen) atoms. The standard InChI is InChI=1S/C18H15F3/c1-12-2-9-17(18(19,20)21)16(10-12)15-7-5-14(6-8-15)11-13-3-4-13/h2,5-11H,3-4H2,1H3. The minimum Gasteiger partial charge on any atom is -0.166 e. The molecule has 0 unspecified atom stereocenters. The van der Waals surface area contributed by atoms with Crippen LogP contribution >= 0.6 is 0 Å². The van der Waals surface area contributed by atoms with Crippen LogP contribution in [0.15, 0.2) is 48.0 Å². The molecule has 1 aliphatic carbocycles. The average Bonchev–Trinajstić information content (AvgIpc) is 3.22. The molecule has 1 fully saturated rings. The summed E-state index contributed by atoms with van der Waals surface area (Å²) in [5.41, 5.74) is 3.53. The Balaban J connectivity index is 2.03. The minimum absolute atomic E-state index is 0.244. The van der Waals surface area contributed by atoms with Crippen LogP contribution in [0.25, 0.3) is 17.2 Å². The first kappa shape index (κ1) is 13.9.